The molecule has 3 rings (SSSR count). The Morgan fingerprint density at radius 3 is 2.33 bits per heavy atom. The van der Waals surface area contributed by atoms with Crippen LogP contribution in [0, 0.1) is 11.7 Å². The molecule has 0 saturated heterocycles. The van der Waals surface area contributed by atoms with Crippen LogP contribution in [0.1, 0.15) is 56.9 Å². The van der Waals surface area contributed by atoms with Crippen molar-refractivity contribution < 1.29 is 13.9 Å². The van der Waals surface area contributed by atoms with Gasteiger partial charge in [0.2, 0.25) is 5.91 Å². The van der Waals surface area contributed by atoms with Gasteiger partial charge in [-0.15, -0.1) is 0 Å². The number of rotatable bonds is 7. The normalized spacial score (nSPS) is 19.5. The summed E-state index contributed by atoms with van der Waals surface area (Å²) in [5.41, 5.74) is 2.02. The molecular weight excluding hydrogens is 341 g/mol. The first kappa shape index (κ1) is 19.4. The summed E-state index contributed by atoms with van der Waals surface area (Å²) in [6.45, 7) is 2.86. The standard InChI is InChI=1S/C23H28FNO2/c1-2-15-27-22-13-7-19(8-14-22)18-5-3-17(4-6-18)16-23(26)25-21-11-9-20(24)10-12-21/h7-14,17-18H,2-6,15-16H2,1H3,(H,25,26)/t17-,18+. The lowest BCUT2D eigenvalue weighted by molar-refractivity contribution is -0.117. The van der Waals surface area contributed by atoms with E-state index in [-0.39, 0.29) is 11.7 Å². The second-order valence-corrected chi connectivity index (χ2v) is 7.39. The maximum absolute atomic E-state index is 12.9. The van der Waals surface area contributed by atoms with Gasteiger partial charge in [0.1, 0.15) is 11.6 Å². The van der Waals surface area contributed by atoms with Crippen LogP contribution >= 0.6 is 0 Å². The highest BCUT2D eigenvalue weighted by atomic mass is 19.1. The summed E-state index contributed by atoms with van der Waals surface area (Å²) in [6.07, 6.45) is 5.91. The highest BCUT2D eigenvalue weighted by molar-refractivity contribution is 5.90. The first-order valence-electron chi connectivity index (χ1n) is 9.92. The fourth-order valence-electron chi connectivity index (χ4n) is 3.76. The number of amides is 1. The summed E-state index contributed by atoms with van der Waals surface area (Å²) in [4.78, 5) is 12.2. The van der Waals surface area contributed by atoms with Crippen molar-refractivity contribution >= 4 is 11.6 Å². The summed E-state index contributed by atoms with van der Waals surface area (Å²) in [6, 6.07) is 14.4. The second kappa shape index (κ2) is 9.54. The number of benzene rings is 2. The molecule has 3 nitrogen and oxygen atoms in total. The molecule has 1 fully saturated rings. The topological polar surface area (TPSA) is 38.3 Å². The summed E-state index contributed by atoms with van der Waals surface area (Å²) in [5, 5.41) is 2.86. The quantitative estimate of drug-likeness (QED) is 0.658. The van der Waals surface area contributed by atoms with Gasteiger partial charge in [-0.3, -0.25) is 4.79 Å². The SMILES string of the molecule is CCCOc1ccc([C@H]2CC[C@@H](CC(=O)Nc3ccc(F)cc3)CC2)cc1. The predicted molar refractivity (Wildman–Crippen MR) is 107 cm³/mol. The van der Waals surface area contributed by atoms with Gasteiger partial charge in [0.15, 0.2) is 0 Å². The lowest BCUT2D eigenvalue weighted by Crippen LogP contribution is -2.20. The van der Waals surface area contributed by atoms with E-state index < -0.39 is 0 Å². The number of halogens is 1. The van der Waals surface area contributed by atoms with Gasteiger partial charge < -0.3 is 10.1 Å². The van der Waals surface area contributed by atoms with Crippen molar-refractivity contribution in [2.24, 2.45) is 5.92 Å². The Morgan fingerprint density at radius 1 is 1.04 bits per heavy atom. The van der Waals surface area contributed by atoms with E-state index in [4.69, 9.17) is 4.74 Å². The van der Waals surface area contributed by atoms with Gasteiger partial charge in [-0.2, -0.15) is 0 Å². The van der Waals surface area contributed by atoms with Gasteiger partial charge >= 0.3 is 0 Å². The molecular formula is C23H28FNO2. The van der Waals surface area contributed by atoms with Crippen molar-refractivity contribution in [3.05, 3.63) is 59.9 Å². The molecule has 0 spiro atoms. The Hall–Kier alpha value is -2.36. The largest absolute Gasteiger partial charge is 0.494 e. The van der Waals surface area contributed by atoms with Crippen LogP contribution in [0.4, 0.5) is 10.1 Å². The number of carbonyl (C=O) groups is 1. The second-order valence-electron chi connectivity index (χ2n) is 7.39. The summed E-state index contributed by atoms with van der Waals surface area (Å²) in [5.74, 6) is 1.65. The molecule has 144 valence electrons. The van der Waals surface area contributed by atoms with Crippen LogP contribution in [0.15, 0.2) is 48.5 Å². The highest BCUT2D eigenvalue weighted by Gasteiger charge is 2.24. The van der Waals surface area contributed by atoms with Crippen molar-refractivity contribution in [2.75, 3.05) is 11.9 Å². The van der Waals surface area contributed by atoms with Crippen LogP contribution < -0.4 is 10.1 Å². The van der Waals surface area contributed by atoms with Gasteiger partial charge in [-0.1, -0.05) is 19.1 Å². The molecule has 4 heteroatoms. The Bertz CT molecular complexity index is 719. The average Bonchev–Trinajstić information content (AvgIpc) is 2.69. The van der Waals surface area contributed by atoms with Crippen molar-refractivity contribution in [2.45, 2.75) is 51.4 Å². The maximum atomic E-state index is 12.9. The van der Waals surface area contributed by atoms with E-state index >= 15 is 0 Å². The third-order valence-electron chi connectivity index (χ3n) is 5.27. The van der Waals surface area contributed by atoms with E-state index in [0.29, 0.717) is 23.9 Å². The molecule has 0 radical (unpaired) electrons. The van der Waals surface area contributed by atoms with Gasteiger partial charge in [-0.05, 0) is 85.9 Å². The minimum absolute atomic E-state index is 0.0162. The van der Waals surface area contributed by atoms with Crippen LogP contribution in [0.3, 0.4) is 0 Å². The molecule has 0 aliphatic heterocycles. The molecule has 0 atom stereocenters. The smallest absolute Gasteiger partial charge is 0.224 e. The Kier molecular flexibility index (Phi) is 6.86. The van der Waals surface area contributed by atoms with Crippen molar-refractivity contribution in [1.82, 2.24) is 0 Å². The summed E-state index contributed by atoms with van der Waals surface area (Å²) in [7, 11) is 0. The Labute approximate surface area is 160 Å². The predicted octanol–water partition coefficient (Wildman–Crippen LogP) is 5.92. The molecule has 1 N–H and O–H groups in total. The van der Waals surface area contributed by atoms with Crippen LogP contribution in [0.5, 0.6) is 5.75 Å². The first-order chi connectivity index (χ1) is 13.1. The van der Waals surface area contributed by atoms with Crippen LogP contribution in [-0.4, -0.2) is 12.5 Å². The van der Waals surface area contributed by atoms with Crippen molar-refractivity contribution in [3.63, 3.8) is 0 Å². The zero-order chi connectivity index (χ0) is 19.1. The molecule has 0 unspecified atom stereocenters. The molecule has 2 aromatic carbocycles. The van der Waals surface area contributed by atoms with E-state index in [2.05, 4.69) is 36.5 Å². The Morgan fingerprint density at radius 2 is 1.70 bits per heavy atom. The monoisotopic (exact) mass is 369 g/mol. The first-order valence-corrected chi connectivity index (χ1v) is 9.92. The average molecular weight is 369 g/mol. The van der Waals surface area contributed by atoms with E-state index in [0.717, 1.165) is 44.5 Å². The lowest BCUT2D eigenvalue weighted by atomic mass is 9.77. The van der Waals surface area contributed by atoms with Crippen LogP contribution in [0.2, 0.25) is 0 Å². The zero-order valence-corrected chi connectivity index (χ0v) is 15.9. The van der Waals surface area contributed by atoms with Gasteiger partial charge in [0, 0.05) is 12.1 Å². The fourth-order valence-corrected chi connectivity index (χ4v) is 3.76. The van der Waals surface area contributed by atoms with Gasteiger partial charge in [0.05, 0.1) is 6.61 Å². The van der Waals surface area contributed by atoms with Crippen LogP contribution in [0.25, 0.3) is 0 Å². The molecule has 2 aromatic rings. The molecule has 0 aromatic heterocycles. The highest BCUT2D eigenvalue weighted by Crippen LogP contribution is 2.37. The van der Waals surface area contributed by atoms with Crippen molar-refractivity contribution in [1.29, 1.82) is 0 Å². The van der Waals surface area contributed by atoms with Gasteiger partial charge in [0.25, 0.3) is 0 Å². The minimum atomic E-state index is -0.295. The molecule has 0 bridgehead atoms. The molecule has 1 aliphatic carbocycles. The number of carbonyl (C=O) groups excluding carboxylic acids is 1. The van der Waals surface area contributed by atoms with E-state index in [1.54, 1.807) is 12.1 Å². The number of hydrogen-bond acceptors (Lipinski definition) is 2. The van der Waals surface area contributed by atoms with E-state index in [9.17, 15) is 9.18 Å². The lowest BCUT2D eigenvalue weighted by Gasteiger charge is -2.28. The zero-order valence-electron chi connectivity index (χ0n) is 15.9. The Balaban J connectivity index is 1.44. The molecule has 27 heavy (non-hydrogen) atoms. The van der Waals surface area contributed by atoms with Crippen LogP contribution in [-0.2, 0) is 4.79 Å². The summed E-state index contributed by atoms with van der Waals surface area (Å²) >= 11 is 0. The number of ether oxygens (including phenoxy) is 1. The minimum Gasteiger partial charge on any atom is -0.494 e. The number of hydrogen-bond donors (Lipinski definition) is 1. The molecule has 1 amide bonds. The third kappa shape index (κ3) is 5.81. The summed E-state index contributed by atoms with van der Waals surface area (Å²) < 4.78 is 18.6. The molecule has 0 heterocycles. The number of anilines is 1. The molecule has 1 aliphatic rings. The van der Waals surface area contributed by atoms with E-state index in [1.165, 1.54) is 17.7 Å². The fraction of sp³-hybridized carbons (Fsp3) is 0.435. The third-order valence-corrected chi connectivity index (χ3v) is 5.27. The van der Waals surface area contributed by atoms with E-state index in [1.807, 2.05) is 0 Å². The maximum Gasteiger partial charge on any atom is 0.224 e. The van der Waals surface area contributed by atoms with Gasteiger partial charge in [-0.25, -0.2) is 4.39 Å². The molecule has 1 saturated carbocycles. The number of nitrogens with one attached hydrogen (secondary N) is 1. The van der Waals surface area contributed by atoms with Crippen molar-refractivity contribution in [3.8, 4) is 5.75 Å².